The zero-order valence-electron chi connectivity index (χ0n) is 9.98. The Morgan fingerprint density at radius 2 is 2.05 bits per heavy atom. The van der Waals surface area contributed by atoms with Gasteiger partial charge >= 0.3 is 0 Å². The van der Waals surface area contributed by atoms with Crippen LogP contribution in [0.2, 0.25) is 10.2 Å². The van der Waals surface area contributed by atoms with Gasteiger partial charge in [0.15, 0.2) is 0 Å². The van der Waals surface area contributed by atoms with Gasteiger partial charge in [0.2, 0.25) is 0 Å². The summed E-state index contributed by atoms with van der Waals surface area (Å²) in [6.45, 7) is 0. The van der Waals surface area contributed by atoms with Gasteiger partial charge in [-0.05, 0) is 30.3 Å². The minimum atomic E-state index is -0.308. The summed E-state index contributed by atoms with van der Waals surface area (Å²) in [5, 5.41) is 3.56. The maximum absolute atomic E-state index is 12.1. The molecule has 98 valence electrons. The van der Waals surface area contributed by atoms with E-state index in [1.807, 2.05) is 0 Å². The number of aromatic nitrogens is 1. The highest BCUT2D eigenvalue weighted by Gasteiger charge is 2.12. The lowest BCUT2D eigenvalue weighted by Gasteiger charge is -2.09. The molecule has 6 heteroatoms. The highest BCUT2D eigenvalue weighted by Crippen LogP contribution is 2.24. The molecular weight excluding hydrogens is 287 g/mol. The third-order valence-electron chi connectivity index (χ3n) is 2.39. The van der Waals surface area contributed by atoms with Gasteiger partial charge in [-0.25, -0.2) is 4.98 Å². The fourth-order valence-corrected chi connectivity index (χ4v) is 1.77. The van der Waals surface area contributed by atoms with Gasteiger partial charge in [-0.1, -0.05) is 23.2 Å². The highest BCUT2D eigenvalue weighted by atomic mass is 35.5. The van der Waals surface area contributed by atoms with E-state index < -0.39 is 0 Å². The molecular formula is C13H10Cl2N2O2. The summed E-state index contributed by atoms with van der Waals surface area (Å²) >= 11 is 11.5. The van der Waals surface area contributed by atoms with Crippen LogP contribution in [0, 0.1) is 0 Å². The van der Waals surface area contributed by atoms with Crippen LogP contribution >= 0.6 is 23.2 Å². The molecule has 1 amide bonds. The van der Waals surface area contributed by atoms with E-state index in [2.05, 4.69) is 10.3 Å². The van der Waals surface area contributed by atoms with E-state index in [1.54, 1.807) is 30.3 Å². The molecule has 1 N–H and O–H groups in total. The van der Waals surface area contributed by atoms with E-state index in [1.165, 1.54) is 13.3 Å². The summed E-state index contributed by atoms with van der Waals surface area (Å²) in [7, 11) is 1.48. The fourth-order valence-electron chi connectivity index (χ4n) is 1.50. The van der Waals surface area contributed by atoms with Crippen molar-refractivity contribution in [2.75, 3.05) is 12.4 Å². The molecule has 2 aromatic rings. The van der Waals surface area contributed by atoms with Crippen LogP contribution in [-0.2, 0) is 0 Å². The summed E-state index contributed by atoms with van der Waals surface area (Å²) in [6.07, 6.45) is 1.47. The molecule has 0 unspecified atom stereocenters. The Labute approximate surface area is 120 Å². The van der Waals surface area contributed by atoms with Crippen LogP contribution in [-0.4, -0.2) is 18.0 Å². The first-order chi connectivity index (χ1) is 9.10. The third kappa shape index (κ3) is 3.36. The normalized spacial score (nSPS) is 10.1. The number of amides is 1. The largest absolute Gasteiger partial charge is 0.496 e. The van der Waals surface area contributed by atoms with E-state index in [0.717, 1.165) is 0 Å². The summed E-state index contributed by atoms with van der Waals surface area (Å²) in [5.74, 6) is 0.101. The Bertz CT molecular complexity index is 600. The average molecular weight is 297 g/mol. The standard InChI is InChI=1S/C13H10Cl2N2O2/c1-19-11-6-8(14)2-4-10(11)13(18)17-9-3-5-12(15)16-7-9/h2-7H,1H3,(H,17,18). The fraction of sp³-hybridized carbons (Fsp3) is 0.0769. The molecule has 2 rings (SSSR count). The molecule has 1 aromatic heterocycles. The molecule has 0 fully saturated rings. The van der Waals surface area contributed by atoms with Gasteiger partial charge in [-0.2, -0.15) is 0 Å². The number of nitrogens with zero attached hydrogens (tertiary/aromatic N) is 1. The van der Waals surface area contributed by atoms with Gasteiger partial charge in [-0.3, -0.25) is 4.79 Å². The SMILES string of the molecule is COc1cc(Cl)ccc1C(=O)Nc1ccc(Cl)nc1. The second-order valence-electron chi connectivity index (χ2n) is 3.67. The van der Waals surface area contributed by atoms with Gasteiger partial charge in [0.05, 0.1) is 24.6 Å². The smallest absolute Gasteiger partial charge is 0.259 e. The number of hydrogen-bond acceptors (Lipinski definition) is 3. The monoisotopic (exact) mass is 296 g/mol. The Morgan fingerprint density at radius 3 is 2.68 bits per heavy atom. The molecule has 0 radical (unpaired) electrons. The van der Waals surface area contributed by atoms with E-state index in [9.17, 15) is 4.79 Å². The number of benzene rings is 1. The van der Waals surface area contributed by atoms with Crippen molar-refractivity contribution in [2.45, 2.75) is 0 Å². The summed E-state index contributed by atoms with van der Waals surface area (Å²) in [4.78, 5) is 16.0. The van der Waals surface area contributed by atoms with Gasteiger partial charge in [0, 0.05) is 5.02 Å². The van der Waals surface area contributed by atoms with E-state index in [0.29, 0.717) is 27.2 Å². The van der Waals surface area contributed by atoms with Crippen LogP contribution in [0.5, 0.6) is 5.75 Å². The average Bonchev–Trinajstić information content (AvgIpc) is 2.41. The molecule has 19 heavy (non-hydrogen) atoms. The van der Waals surface area contributed by atoms with E-state index in [4.69, 9.17) is 27.9 Å². The molecule has 0 spiro atoms. The predicted molar refractivity (Wildman–Crippen MR) is 75.2 cm³/mol. The molecule has 0 aliphatic carbocycles. The number of pyridine rings is 1. The Kier molecular flexibility index (Phi) is 4.24. The minimum absolute atomic E-state index is 0.308. The van der Waals surface area contributed by atoms with Crippen LogP contribution in [0.15, 0.2) is 36.5 Å². The number of hydrogen-bond donors (Lipinski definition) is 1. The van der Waals surface area contributed by atoms with Crippen molar-refractivity contribution in [3.05, 3.63) is 52.3 Å². The summed E-state index contributed by atoms with van der Waals surface area (Å²) < 4.78 is 5.12. The van der Waals surface area contributed by atoms with Crippen LogP contribution in [0.1, 0.15) is 10.4 Å². The van der Waals surface area contributed by atoms with Crippen molar-refractivity contribution in [1.82, 2.24) is 4.98 Å². The second-order valence-corrected chi connectivity index (χ2v) is 4.49. The van der Waals surface area contributed by atoms with Crippen molar-refractivity contribution in [2.24, 2.45) is 0 Å². The first-order valence-electron chi connectivity index (χ1n) is 5.36. The maximum Gasteiger partial charge on any atom is 0.259 e. The minimum Gasteiger partial charge on any atom is -0.496 e. The number of carbonyl (C=O) groups excluding carboxylic acids is 1. The number of ether oxygens (including phenoxy) is 1. The zero-order valence-corrected chi connectivity index (χ0v) is 11.5. The molecule has 4 nitrogen and oxygen atoms in total. The molecule has 1 heterocycles. The topological polar surface area (TPSA) is 51.2 Å². The number of nitrogens with one attached hydrogen (secondary N) is 1. The number of methoxy groups -OCH3 is 1. The Morgan fingerprint density at radius 1 is 1.26 bits per heavy atom. The lowest BCUT2D eigenvalue weighted by molar-refractivity contribution is 0.102. The molecule has 0 atom stereocenters. The van der Waals surface area contributed by atoms with Crippen LogP contribution in [0.25, 0.3) is 0 Å². The zero-order chi connectivity index (χ0) is 13.8. The quantitative estimate of drug-likeness (QED) is 0.880. The predicted octanol–water partition coefficient (Wildman–Crippen LogP) is 3.65. The summed E-state index contributed by atoms with van der Waals surface area (Å²) in [6, 6.07) is 8.06. The third-order valence-corrected chi connectivity index (χ3v) is 2.85. The second kappa shape index (κ2) is 5.91. The van der Waals surface area contributed by atoms with Gasteiger partial charge in [0.1, 0.15) is 10.9 Å². The first-order valence-corrected chi connectivity index (χ1v) is 6.12. The number of halogens is 2. The van der Waals surface area contributed by atoms with Crippen molar-refractivity contribution in [3.8, 4) is 5.75 Å². The van der Waals surface area contributed by atoms with Gasteiger partial charge in [0.25, 0.3) is 5.91 Å². The van der Waals surface area contributed by atoms with Crippen molar-refractivity contribution < 1.29 is 9.53 Å². The molecule has 0 saturated heterocycles. The van der Waals surface area contributed by atoms with Crippen LogP contribution in [0.4, 0.5) is 5.69 Å². The van der Waals surface area contributed by atoms with Crippen LogP contribution in [0.3, 0.4) is 0 Å². The number of anilines is 1. The Balaban J connectivity index is 2.22. The van der Waals surface area contributed by atoms with Crippen LogP contribution < -0.4 is 10.1 Å². The lowest BCUT2D eigenvalue weighted by Crippen LogP contribution is -2.13. The molecule has 0 aliphatic heterocycles. The van der Waals surface area contributed by atoms with Crippen molar-refractivity contribution >= 4 is 34.8 Å². The van der Waals surface area contributed by atoms with E-state index in [-0.39, 0.29) is 5.91 Å². The van der Waals surface area contributed by atoms with E-state index >= 15 is 0 Å². The molecule has 0 saturated carbocycles. The molecule has 0 aliphatic rings. The van der Waals surface area contributed by atoms with Gasteiger partial charge in [-0.15, -0.1) is 0 Å². The first kappa shape index (κ1) is 13.6. The Hall–Kier alpha value is -1.78. The maximum atomic E-state index is 12.1. The van der Waals surface area contributed by atoms with Gasteiger partial charge < -0.3 is 10.1 Å². The molecule has 1 aromatic carbocycles. The lowest BCUT2D eigenvalue weighted by atomic mass is 10.2. The molecule has 0 bridgehead atoms. The highest BCUT2D eigenvalue weighted by molar-refractivity contribution is 6.31. The van der Waals surface area contributed by atoms with Crippen molar-refractivity contribution in [1.29, 1.82) is 0 Å². The number of carbonyl (C=O) groups is 1. The number of rotatable bonds is 3. The summed E-state index contributed by atoms with van der Waals surface area (Å²) in [5.41, 5.74) is 0.938. The van der Waals surface area contributed by atoms with Crippen molar-refractivity contribution in [3.63, 3.8) is 0 Å².